The third-order valence-electron chi connectivity index (χ3n) is 3.51. The maximum Gasteiger partial charge on any atom is 0.261 e. The molecular formula is C17H16N2O2. The van der Waals surface area contributed by atoms with Gasteiger partial charge in [0.2, 0.25) is 0 Å². The van der Waals surface area contributed by atoms with Gasteiger partial charge in [-0.25, -0.2) is 4.98 Å². The van der Waals surface area contributed by atoms with Gasteiger partial charge in [-0.1, -0.05) is 29.8 Å². The summed E-state index contributed by atoms with van der Waals surface area (Å²) < 4.78 is 6.97. The number of para-hydroxylation sites is 1. The molecule has 0 amide bonds. The van der Waals surface area contributed by atoms with E-state index in [2.05, 4.69) is 4.98 Å². The number of methoxy groups -OCH3 is 1. The zero-order valence-electron chi connectivity index (χ0n) is 12.0. The van der Waals surface area contributed by atoms with Gasteiger partial charge in [0.15, 0.2) is 0 Å². The molecule has 0 aliphatic carbocycles. The number of aryl methyl sites for hydroxylation is 1. The predicted molar refractivity (Wildman–Crippen MR) is 82.8 cm³/mol. The number of aromatic nitrogens is 2. The number of ether oxygens (including phenoxy) is 1. The van der Waals surface area contributed by atoms with Crippen LogP contribution in [0.1, 0.15) is 11.1 Å². The van der Waals surface area contributed by atoms with Crippen LogP contribution < -0.4 is 10.3 Å². The second-order valence-corrected chi connectivity index (χ2v) is 5.01. The summed E-state index contributed by atoms with van der Waals surface area (Å²) in [5.41, 5.74) is 2.78. The molecule has 0 aliphatic rings. The van der Waals surface area contributed by atoms with E-state index in [1.54, 1.807) is 24.1 Å². The molecule has 4 heteroatoms. The summed E-state index contributed by atoms with van der Waals surface area (Å²) in [6, 6.07) is 13.3. The van der Waals surface area contributed by atoms with E-state index in [0.717, 1.165) is 22.4 Å². The van der Waals surface area contributed by atoms with Crippen molar-refractivity contribution in [3.63, 3.8) is 0 Å². The molecule has 4 nitrogen and oxygen atoms in total. The third-order valence-corrected chi connectivity index (χ3v) is 3.51. The molecule has 2 aromatic carbocycles. The van der Waals surface area contributed by atoms with Crippen LogP contribution >= 0.6 is 0 Å². The zero-order chi connectivity index (χ0) is 14.8. The average Bonchev–Trinajstić information content (AvgIpc) is 2.51. The third kappa shape index (κ3) is 2.52. The highest BCUT2D eigenvalue weighted by Crippen LogP contribution is 2.20. The lowest BCUT2D eigenvalue weighted by Crippen LogP contribution is -2.21. The smallest absolute Gasteiger partial charge is 0.261 e. The molecule has 0 fully saturated rings. The summed E-state index contributed by atoms with van der Waals surface area (Å²) in [4.78, 5) is 16.8. The first kappa shape index (κ1) is 13.4. The number of benzene rings is 2. The van der Waals surface area contributed by atoms with Crippen LogP contribution in [-0.4, -0.2) is 16.7 Å². The second kappa shape index (κ2) is 5.40. The second-order valence-electron chi connectivity index (χ2n) is 5.01. The van der Waals surface area contributed by atoms with Crippen molar-refractivity contribution in [1.82, 2.24) is 9.55 Å². The van der Waals surface area contributed by atoms with E-state index in [4.69, 9.17) is 4.74 Å². The Balaban J connectivity index is 2.08. The highest BCUT2D eigenvalue weighted by Gasteiger charge is 2.08. The minimum atomic E-state index is -0.0378. The fourth-order valence-electron chi connectivity index (χ4n) is 2.43. The van der Waals surface area contributed by atoms with Crippen LogP contribution in [0.2, 0.25) is 0 Å². The topological polar surface area (TPSA) is 44.1 Å². The van der Waals surface area contributed by atoms with Crippen LogP contribution in [0.5, 0.6) is 5.75 Å². The Morgan fingerprint density at radius 2 is 2.00 bits per heavy atom. The highest BCUT2D eigenvalue weighted by molar-refractivity contribution is 5.76. The number of rotatable bonds is 3. The van der Waals surface area contributed by atoms with Crippen molar-refractivity contribution < 1.29 is 4.74 Å². The Bertz CT molecular complexity index is 853. The van der Waals surface area contributed by atoms with Crippen molar-refractivity contribution in [2.75, 3.05) is 7.11 Å². The minimum absolute atomic E-state index is 0.0378. The van der Waals surface area contributed by atoms with Crippen LogP contribution in [-0.2, 0) is 6.54 Å². The molecule has 0 radical (unpaired) electrons. The first-order valence-electron chi connectivity index (χ1n) is 6.77. The highest BCUT2D eigenvalue weighted by atomic mass is 16.5. The fourth-order valence-corrected chi connectivity index (χ4v) is 2.43. The Morgan fingerprint density at radius 3 is 2.81 bits per heavy atom. The van der Waals surface area contributed by atoms with E-state index in [0.29, 0.717) is 11.9 Å². The molecule has 21 heavy (non-hydrogen) atoms. The minimum Gasteiger partial charge on any atom is -0.496 e. The standard InChI is InChI=1S/C17H16N2O2/c1-12-7-8-16(21-2)13(9-12)10-19-11-18-15-6-4-3-5-14(15)17(19)20/h3-9,11H,10H2,1-2H3. The summed E-state index contributed by atoms with van der Waals surface area (Å²) in [6.07, 6.45) is 1.59. The van der Waals surface area contributed by atoms with Crippen molar-refractivity contribution >= 4 is 10.9 Å². The summed E-state index contributed by atoms with van der Waals surface area (Å²) in [7, 11) is 1.63. The van der Waals surface area contributed by atoms with E-state index >= 15 is 0 Å². The van der Waals surface area contributed by atoms with Crippen LogP contribution in [0, 0.1) is 6.92 Å². The lowest BCUT2D eigenvalue weighted by atomic mass is 10.1. The normalized spacial score (nSPS) is 10.8. The Hall–Kier alpha value is -2.62. The van der Waals surface area contributed by atoms with E-state index in [-0.39, 0.29) is 5.56 Å². The molecule has 0 unspecified atom stereocenters. The van der Waals surface area contributed by atoms with Crippen molar-refractivity contribution in [2.45, 2.75) is 13.5 Å². The van der Waals surface area contributed by atoms with Gasteiger partial charge in [0.1, 0.15) is 5.75 Å². The molecule has 0 bridgehead atoms. The van der Waals surface area contributed by atoms with Gasteiger partial charge in [0, 0.05) is 5.56 Å². The molecule has 1 heterocycles. The van der Waals surface area contributed by atoms with E-state index in [9.17, 15) is 4.79 Å². The van der Waals surface area contributed by atoms with Crippen LogP contribution in [0.4, 0.5) is 0 Å². The molecular weight excluding hydrogens is 264 g/mol. The number of fused-ring (bicyclic) bond motifs is 1. The van der Waals surface area contributed by atoms with Crippen molar-refractivity contribution in [3.05, 3.63) is 70.3 Å². The molecule has 3 aromatic rings. The number of hydrogen-bond donors (Lipinski definition) is 0. The van der Waals surface area contributed by atoms with Gasteiger partial charge >= 0.3 is 0 Å². The van der Waals surface area contributed by atoms with Gasteiger partial charge in [0.05, 0.1) is 30.9 Å². The maximum absolute atomic E-state index is 12.5. The molecule has 0 atom stereocenters. The van der Waals surface area contributed by atoms with Gasteiger partial charge in [-0.2, -0.15) is 0 Å². The molecule has 0 spiro atoms. The first-order chi connectivity index (χ1) is 10.2. The molecule has 106 valence electrons. The van der Waals surface area contributed by atoms with E-state index < -0.39 is 0 Å². The van der Waals surface area contributed by atoms with Gasteiger partial charge < -0.3 is 4.74 Å². The molecule has 1 aromatic heterocycles. The first-order valence-corrected chi connectivity index (χ1v) is 6.77. The lowest BCUT2D eigenvalue weighted by Gasteiger charge is -2.11. The Kier molecular flexibility index (Phi) is 3.44. The maximum atomic E-state index is 12.5. The number of hydrogen-bond acceptors (Lipinski definition) is 3. The molecule has 0 saturated carbocycles. The van der Waals surface area contributed by atoms with Gasteiger partial charge in [-0.15, -0.1) is 0 Å². The van der Waals surface area contributed by atoms with Crippen molar-refractivity contribution in [3.8, 4) is 5.75 Å². The van der Waals surface area contributed by atoms with Crippen molar-refractivity contribution in [1.29, 1.82) is 0 Å². The fraction of sp³-hybridized carbons (Fsp3) is 0.176. The largest absolute Gasteiger partial charge is 0.496 e. The van der Waals surface area contributed by atoms with Crippen molar-refractivity contribution in [2.24, 2.45) is 0 Å². The molecule has 3 rings (SSSR count). The molecule has 0 saturated heterocycles. The molecule has 0 aliphatic heterocycles. The number of nitrogens with zero attached hydrogens (tertiary/aromatic N) is 2. The summed E-state index contributed by atoms with van der Waals surface area (Å²) in [5, 5.41) is 0.631. The summed E-state index contributed by atoms with van der Waals surface area (Å²) in [5.74, 6) is 0.778. The quantitative estimate of drug-likeness (QED) is 0.741. The Morgan fingerprint density at radius 1 is 1.19 bits per heavy atom. The zero-order valence-corrected chi connectivity index (χ0v) is 12.0. The average molecular weight is 280 g/mol. The Labute approximate surface area is 122 Å². The van der Waals surface area contributed by atoms with Crippen LogP contribution in [0.25, 0.3) is 10.9 Å². The van der Waals surface area contributed by atoms with Gasteiger partial charge in [-0.05, 0) is 25.1 Å². The van der Waals surface area contributed by atoms with Crippen LogP contribution in [0.15, 0.2) is 53.6 Å². The summed E-state index contributed by atoms with van der Waals surface area (Å²) in [6.45, 7) is 2.46. The van der Waals surface area contributed by atoms with Crippen LogP contribution in [0.3, 0.4) is 0 Å². The molecule has 0 N–H and O–H groups in total. The van der Waals surface area contributed by atoms with Gasteiger partial charge in [-0.3, -0.25) is 9.36 Å². The van der Waals surface area contributed by atoms with Gasteiger partial charge in [0.25, 0.3) is 5.56 Å². The monoisotopic (exact) mass is 280 g/mol. The van der Waals surface area contributed by atoms with E-state index in [1.165, 1.54) is 0 Å². The SMILES string of the molecule is COc1ccc(C)cc1Cn1cnc2ccccc2c1=O. The predicted octanol–water partition coefficient (Wildman–Crippen LogP) is 2.76. The summed E-state index contributed by atoms with van der Waals surface area (Å²) >= 11 is 0. The lowest BCUT2D eigenvalue weighted by molar-refractivity contribution is 0.408. The van der Waals surface area contributed by atoms with E-state index in [1.807, 2.05) is 43.3 Å².